The first-order chi connectivity index (χ1) is 14.2. The summed E-state index contributed by atoms with van der Waals surface area (Å²) in [5, 5.41) is 0. The van der Waals surface area contributed by atoms with Gasteiger partial charge in [-0.1, -0.05) is 6.58 Å². The zero-order chi connectivity index (χ0) is 21.9. The Morgan fingerprint density at radius 3 is 2.73 bits per heavy atom. The van der Waals surface area contributed by atoms with E-state index in [1.165, 1.54) is 17.3 Å². The molecule has 3 heterocycles. The molecule has 9 heteroatoms. The van der Waals surface area contributed by atoms with Gasteiger partial charge in [0.1, 0.15) is 17.8 Å². The highest BCUT2D eigenvalue weighted by atomic mass is 16.5. The van der Waals surface area contributed by atoms with E-state index in [1.54, 1.807) is 32.3 Å². The third-order valence-corrected chi connectivity index (χ3v) is 4.70. The lowest BCUT2D eigenvalue weighted by molar-refractivity contribution is -0.128. The molecule has 1 atom stereocenters. The third-order valence-electron chi connectivity index (χ3n) is 4.70. The zero-order valence-electron chi connectivity index (χ0n) is 17.3. The second kappa shape index (κ2) is 8.40. The molecule has 156 valence electrons. The summed E-state index contributed by atoms with van der Waals surface area (Å²) in [5.41, 5.74) is 7.39. The first-order valence-electron chi connectivity index (χ1n) is 9.37. The molecule has 0 saturated carbocycles. The van der Waals surface area contributed by atoms with E-state index < -0.39 is 5.54 Å². The lowest BCUT2D eigenvalue weighted by atomic mass is 9.90. The average molecular weight is 408 g/mol. The minimum Gasteiger partial charge on any atom is -0.472 e. The molecular formula is C21H24N6O3. The highest BCUT2D eigenvalue weighted by Gasteiger charge is 2.37. The Hall–Kier alpha value is -3.62. The summed E-state index contributed by atoms with van der Waals surface area (Å²) in [5.74, 6) is 0.133. The maximum Gasteiger partial charge on any atom is 0.232 e. The van der Waals surface area contributed by atoms with Crippen molar-refractivity contribution in [2.24, 2.45) is 10.7 Å². The van der Waals surface area contributed by atoms with Crippen LogP contribution in [0.15, 0.2) is 47.9 Å². The third kappa shape index (κ3) is 4.68. The van der Waals surface area contributed by atoms with Crippen LogP contribution in [0.5, 0.6) is 5.88 Å². The number of ether oxygens (including phenoxy) is 1. The van der Waals surface area contributed by atoms with E-state index in [0.29, 0.717) is 18.2 Å². The molecule has 2 aromatic rings. The van der Waals surface area contributed by atoms with Gasteiger partial charge in [-0.3, -0.25) is 19.5 Å². The van der Waals surface area contributed by atoms with Crippen molar-refractivity contribution in [3.8, 4) is 5.88 Å². The SMILES string of the molecule is C=C(C)COc1cnc(C(=O)Cc2ccnc(C3(C)CC(=O)N(C)C(N)=N3)c2)cn1. The number of rotatable bonds is 7. The van der Waals surface area contributed by atoms with Gasteiger partial charge in [0, 0.05) is 19.7 Å². The van der Waals surface area contributed by atoms with Gasteiger partial charge < -0.3 is 10.5 Å². The average Bonchev–Trinajstić information content (AvgIpc) is 2.71. The van der Waals surface area contributed by atoms with Gasteiger partial charge in [0.05, 0.1) is 24.5 Å². The van der Waals surface area contributed by atoms with Crippen LogP contribution in [-0.2, 0) is 16.8 Å². The van der Waals surface area contributed by atoms with E-state index >= 15 is 0 Å². The van der Waals surface area contributed by atoms with E-state index in [0.717, 1.165) is 11.1 Å². The van der Waals surface area contributed by atoms with Crippen molar-refractivity contribution in [3.63, 3.8) is 0 Å². The van der Waals surface area contributed by atoms with E-state index in [9.17, 15) is 9.59 Å². The van der Waals surface area contributed by atoms with E-state index in [1.807, 2.05) is 6.92 Å². The number of amides is 1. The van der Waals surface area contributed by atoms with Crippen molar-refractivity contribution in [2.75, 3.05) is 13.7 Å². The second-order valence-corrected chi connectivity index (χ2v) is 7.51. The van der Waals surface area contributed by atoms with Gasteiger partial charge in [-0.25, -0.2) is 15.0 Å². The fourth-order valence-electron chi connectivity index (χ4n) is 2.94. The number of nitrogens with zero attached hydrogens (tertiary/aromatic N) is 5. The molecule has 1 unspecified atom stereocenters. The number of aromatic nitrogens is 3. The molecule has 0 radical (unpaired) electrons. The maximum atomic E-state index is 12.6. The van der Waals surface area contributed by atoms with Gasteiger partial charge in [0.15, 0.2) is 11.7 Å². The molecule has 30 heavy (non-hydrogen) atoms. The summed E-state index contributed by atoms with van der Waals surface area (Å²) in [6.45, 7) is 7.73. The molecule has 0 bridgehead atoms. The number of pyridine rings is 1. The molecule has 1 aliphatic heterocycles. The van der Waals surface area contributed by atoms with Gasteiger partial charge in [-0.15, -0.1) is 0 Å². The number of hydrogen-bond donors (Lipinski definition) is 1. The summed E-state index contributed by atoms with van der Waals surface area (Å²) in [7, 11) is 1.58. The fourth-order valence-corrected chi connectivity index (χ4v) is 2.94. The Morgan fingerprint density at radius 2 is 2.10 bits per heavy atom. The number of carbonyl (C=O) groups is 2. The van der Waals surface area contributed by atoms with Crippen LogP contribution >= 0.6 is 0 Å². The van der Waals surface area contributed by atoms with Crippen LogP contribution in [0.25, 0.3) is 0 Å². The van der Waals surface area contributed by atoms with Gasteiger partial charge in [0.25, 0.3) is 0 Å². The van der Waals surface area contributed by atoms with E-state index in [2.05, 4.69) is 26.5 Å². The van der Waals surface area contributed by atoms with Crippen LogP contribution in [-0.4, -0.2) is 51.2 Å². The summed E-state index contributed by atoms with van der Waals surface area (Å²) >= 11 is 0. The number of nitrogens with two attached hydrogens (primary N) is 1. The summed E-state index contributed by atoms with van der Waals surface area (Å²) in [4.78, 5) is 43.2. The molecule has 0 aliphatic carbocycles. The summed E-state index contributed by atoms with van der Waals surface area (Å²) in [6, 6.07) is 3.51. The molecule has 1 aliphatic rings. The van der Waals surface area contributed by atoms with Gasteiger partial charge >= 0.3 is 0 Å². The first-order valence-corrected chi connectivity index (χ1v) is 9.37. The lowest BCUT2D eigenvalue weighted by Crippen LogP contribution is -2.47. The quantitative estimate of drug-likeness (QED) is 0.545. The number of aliphatic imine (C=N–C) groups is 1. The van der Waals surface area contributed by atoms with E-state index in [4.69, 9.17) is 10.5 Å². The highest BCUT2D eigenvalue weighted by molar-refractivity contribution is 5.98. The van der Waals surface area contributed by atoms with Crippen molar-refractivity contribution >= 4 is 17.6 Å². The Kier molecular flexibility index (Phi) is 5.91. The maximum absolute atomic E-state index is 12.6. The molecule has 0 spiro atoms. The minimum atomic E-state index is -0.880. The van der Waals surface area contributed by atoms with Crippen LogP contribution in [0.2, 0.25) is 0 Å². The fraction of sp³-hybridized carbons (Fsp3) is 0.333. The standard InChI is InChI=1S/C21H24N6O3/c1-13(2)12-30-18-11-24-15(10-25-18)16(28)7-14-5-6-23-17(8-14)21(3)9-19(29)27(4)20(22)26-21/h5-6,8,10-11H,1,7,9,12H2,2-4H3,(H2,22,26). The van der Waals surface area contributed by atoms with Crippen molar-refractivity contribution in [2.45, 2.75) is 32.2 Å². The smallest absolute Gasteiger partial charge is 0.232 e. The summed E-state index contributed by atoms with van der Waals surface area (Å²) in [6.07, 6.45) is 4.65. The monoisotopic (exact) mass is 408 g/mol. The van der Waals surface area contributed by atoms with Gasteiger partial charge in [0.2, 0.25) is 11.8 Å². The van der Waals surface area contributed by atoms with Crippen molar-refractivity contribution in [3.05, 3.63) is 59.8 Å². The Bertz CT molecular complexity index is 1020. The van der Waals surface area contributed by atoms with Crippen molar-refractivity contribution in [1.82, 2.24) is 19.9 Å². The molecule has 1 amide bonds. The lowest BCUT2D eigenvalue weighted by Gasteiger charge is -2.32. The Balaban J connectivity index is 1.74. The number of hydrogen-bond acceptors (Lipinski definition) is 8. The minimum absolute atomic E-state index is 0.110. The second-order valence-electron chi connectivity index (χ2n) is 7.51. The topological polar surface area (TPSA) is 124 Å². The summed E-state index contributed by atoms with van der Waals surface area (Å²) < 4.78 is 5.39. The number of ketones is 1. The number of carbonyl (C=O) groups excluding carboxylic acids is 2. The molecule has 0 aromatic carbocycles. The van der Waals surface area contributed by atoms with Crippen LogP contribution in [0.1, 0.15) is 42.0 Å². The van der Waals surface area contributed by atoms with Crippen molar-refractivity contribution in [1.29, 1.82) is 0 Å². The van der Waals surface area contributed by atoms with Crippen LogP contribution in [0, 0.1) is 0 Å². The molecule has 9 nitrogen and oxygen atoms in total. The van der Waals surface area contributed by atoms with Gasteiger partial charge in [-0.05, 0) is 37.1 Å². The van der Waals surface area contributed by atoms with Crippen LogP contribution < -0.4 is 10.5 Å². The molecule has 0 fully saturated rings. The van der Waals surface area contributed by atoms with Gasteiger partial charge in [-0.2, -0.15) is 0 Å². The number of guanidine groups is 1. The normalized spacial score (nSPS) is 18.7. The number of Topliss-reactive ketones (excluding diaryl/α,β-unsaturated/α-hetero) is 1. The van der Waals surface area contributed by atoms with E-state index in [-0.39, 0.29) is 36.2 Å². The largest absolute Gasteiger partial charge is 0.472 e. The Labute approximate surface area is 174 Å². The molecule has 2 aromatic heterocycles. The van der Waals surface area contributed by atoms with Crippen LogP contribution in [0.4, 0.5) is 0 Å². The molecule has 0 saturated heterocycles. The Morgan fingerprint density at radius 1 is 1.33 bits per heavy atom. The molecular weight excluding hydrogens is 384 g/mol. The van der Waals surface area contributed by atoms with Crippen molar-refractivity contribution < 1.29 is 14.3 Å². The zero-order valence-corrected chi connectivity index (χ0v) is 17.3. The first kappa shape index (κ1) is 21.1. The predicted octanol–water partition coefficient (Wildman–Crippen LogP) is 1.64. The highest BCUT2D eigenvalue weighted by Crippen LogP contribution is 2.31. The predicted molar refractivity (Wildman–Crippen MR) is 111 cm³/mol. The molecule has 2 N–H and O–H groups in total. The van der Waals surface area contributed by atoms with Crippen LogP contribution in [0.3, 0.4) is 0 Å². The molecule has 3 rings (SSSR count).